The number of aryl methyl sites for hydroxylation is 2. The Morgan fingerprint density at radius 3 is 3.00 bits per heavy atom. The lowest BCUT2D eigenvalue weighted by molar-refractivity contribution is -0.116. The summed E-state index contributed by atoms with van der Waals surface area (Å²) in [6.07, 6.45) is 1.26. The molecule has 1 aromatic rings. The largest absolute Gasteiger partial charge is 0.448 e. The molecule has 0 radical (unpaired) electrons. The number of hydrogen-bond donors (Lipinski definition) is 1. The topological polar surface area (TPSA) is 76.5 Å². The Balaban J connectivity index is 1.98. The number of cyclic esters (lactones) is 1. The molecule has 7 heteroatoms. The van der Waals surface area contributed by atoms with Crippen LogP contribution in [0, 0.1) is 6.92 Å². The lowest BCUT2D eigenvalue weighted by Crippen LogP contribution is -2.34. The number of carbonyl (C=O) groups excluding carboxylic acids is 2. The first-order valence-electron chi connectivity index (χ1n) is 5.85. The van der Waals surface area contributed by atoms with E-state index in [1.807, 2.05) is 13.8 Å². The van der Waals surface area contributed by atoms with Crippen LogP contribution in [0.3, 0.4) is 0 Å². The number of aromatic nitrogens is 2. The fourth-order valence-electron chi connectivity index (χ4n) is 1.80. The van der Waals surface area contributed by atoms with Crippen molar-refractivity contribution >= 4 is 17.8 Å². The van der Waals surface area contributed by atoms with Gasteiger partial charge in [-0.2, -0.15) is 5.10 Å². The lowest BCUT2D eigenvalue weighted by atomic mass is 10.3. The lowest BCUT2D eigenvalue weighted by Gasteiger charge is -2.13. The summed E-state index contributed by atoms with van der Waals surface area (Å²) in [6, 6.07) is 0. The number of carbonyl (C=O) groups is 2. The molecule has 1 aromatic heterocycles. The molecule has 18 heavy (non-hydrogen) atoms. The number of rotatable bonds is 4. The Bertz CT molecular complexity index is 469. The summed E-state index contributed by atoms with van der Waals surface area (Å²) in [4.78, 5) is 24.4. The van der Waals surface area contributed by atoms with Crippen molar-refractivity contribution in [3.05, 3.63) is 11.8 Å². The van der Waals surface area contributed by atoms with Crippen LogP contribution in [-0.2, 0) is 16.1 Å². The van der Waals surface area contributed by atoms with Crippen molar-refractivity contribution in [3.63, 3.8) is 0 Å². The second kappa shape index (κ2) is 5.07. The third-order valence-electron chi connectivity index (χ3n) is 2.76. The van der Waals surface area contributed by atoms with Gasteiger partial charge in [0, 0.05) is 12.1 Å². The van der Waals surface area contributed by atoms with E-state index in [-0.39, 0.29) is 12.5 Å². The predicted molar refractivity (Wildman–Crippen MR) is 64.2 cm³/mol. The van der Waals surface area contributed by atoms with Gasteiger partial charge >= 0.3 is 6.09 Å². The van der Waals surface area contributed by atoms with Crippen molar-refractivity contribution < 1.29 is 14.3 Å². The first-order valence-corrected chi connectivity index (χ1v) is 5.85. The van der Waals surface area contributed by atoms with Gasteiger partial charge in [-0.25, -0.2) is 9.48 Å². The number of ether oxygens (including phenoxy) is 1. The van der Waals surface area contributed by atoms with Crippen LogP contribution in [0.25, 0.3) is 0 Å². The zero-order valence-corrected chi connectivity index (χ0v) is 10.5. The third-order valence-corrected chi connectivity index (χ3v) is 2.76. The van der Waals surface area contributed by atoms with Gasteiger partial charge in [0.05, 0.1) is 12.7 Å². The predicted octanol–water partition coefficient (Wildman–Crippen LogP) is 0.602. The fraction of sp³-hybridized carbons (Fsp3) is 0.545. The average molecular weight is 252 g/mol. The van der Waals surface area contributed by atoms with Crippen molar-refractivity contribution in [1.29, 1.82) is 0 Å². The molecule has 1 N–H and O–H groups in total. The van der Waals surface area contributed by atoms with Crippen LogP contribution in [-0.4, -0.2) is 46.4 Å². The molecule has 0 aromatic carbocycles. The molecule has 0 aliphatic carbocycles. The van der Waals surface area contributed by atoms with E-state index in [0.717, 1.165) is 5.56 Å². The molecule has 1 aliphatic rings. The zero-order chi connectivity index (χ0) is 13.1. The van der Waals surface area contributed by atoms with Crippen molar-refractivity contribution in [3.8, 4) is 0 Å². The van der Waals surface area contributed by atoms with E-state index >= 15 is 0 Å². The molecule has 2 heterocycles. The van der Waals surface area contributed by atoms with Gasteiger partial charge in [-0.15, -0.1) is 0 Å². The van der Waals surface area contributed by atoms with E-state index in [2.05, 4.69) is 10.4 Å². The zero-order valence-electron chi connectivity index (χ0n) is 10.5. The quantitative estimate of drug-likeness (QED) is 0.851. The Hall–Kier alpha value is -2.05. The summed E-state index contributed by atoms with van der Waals surface area (Å²) in [7, 11) is 0. The number of nitrogens with zero attached hydrogens (tertiary/aromatic N) is 3. The minimum atomic E-state index is -0.439. The summed E-state index contributed by atoms with van der Waals surface area (Å²) >= 11 is 0. The highest BCUT2D eigenvalue weighted by Crippen LogP contribution is 2.13. The van der Waals surface area contributed by atoms with Gasteiger partial charge in [0.15, 0.2) is 0 Å². The van der Waals surface area contributed by atoms with Crippen LogP contribution in [0.2, 0.25) is 0 Å². The van der Waals surface area contributed by atoms with Crippen LogP contribution in [0.4, 0.5) is 10.6 Å². The Kier molecular flexibility index (Phi) is 3.50. The molecular weight excluding hydrogens is 236 g/mol. The highest BCUT2D eigenvalue weighted by atomic mass is 16.6. The summed E-state index contributed by atoms with van der Waals surface area (Å²) in [5.41, 5.74) is 0.897. The summed E-state index contributed by atoms with van der Waals surface area (Å²) in [6.45, 7) is 5.30. The van der Waals surface area contributed by atoms with E-state index in [1.165, 1.54) is 4.90 Å². The second-order valence-corrected chi connectivity index (χ2v) is 4.08. The maximum Gasteiger partial charge on any atom is 0.410 e. The molecule has 1 fully saturated rings. The summed E-state index contributed by atoms with van der Waals surface area (Å²) < 4.78 is 6.46. The van der Waals surface area contributed by atoms with Gasteiger partial charge in [-0.1, -0.05) is 0 Å². The molecule has 98 valence electrons. The van der Waals surface area contributed by atoms with Crippen molar-refractivity contribution in [1.82, 2.24) is 14.7 Å². The molecule has 0 spiro atoms. The molecule has 0 saturated carbocycles. The maximum atomic E-state index is 11.8. The van der Waals surface area contributed by atoms with E-state index in [1.54, 1.807) is 10.9 Å². The first-order chi connectivity index (χ1) is 8.61. The van der Waals surface area contributed by atoms with Gasteiger partial charge in [0.1, 0.15) is 19.0 Å². The number of anilines is 1. The van der Waals surface area contributed by atoms with Crippen LogP contribution in [0.1, 0.15) is 12.5 Å². The molecule has 0 atom stereocenters. The normalized spacial score (nSPS) is 14.8. The highest BCUT2D eigenvalue weighted by Gasteiger charge is 2.24. The Labute approximate surface area is 105 Å². The van der Waals surface area contributed by atoms with E-state index in [0.29, 0.717) is 25.5 Å². The van der Waals surface area contributed by atoms with Gasteiger partial charge in [0.25, 0.3) is 0 Å². The van der Waals surface area contributed by atoms with Crippen molar-refractivity contribution in [2.45, 2.75) is 20.4 Å². The highest BCUT2D eigenvalue weighted by molar-refractivity contribution is 5.93. The third kappa shape index (κ3) is 2.44. The molecule has 2 rings (SSSR count). The molecule has 0 unspecified atom stereocenters. The fourth-order valence-corrected chi connectivity index (χ4v) is 1.80. The molecular formula is C11H16N4O3. The minimum absolute atomic E-state index is 0.00711. The molecule has 1 saturated heterocycles. The van der Waals surface area contributed by atoms with Crippen LogP contribution in [0.15, 0.2) is 6.20 Å². The summed E-state index contributed by atoms with van der Waals surface area (Å²) in [5, 5.41) is 6.90. The SMILES string of the molecule is CCn1ncc(C)c1NC(=O)CN1CCOC1=O. The van der Waals surface area contributed by atoms with E-state index in [9.17, 15) is 9.59 Å². The van der Waals surface area contributed by atoms with Crippen LogP contribution < -0.4 is 5.32 Å². The van der Waals surface area contributed by atoms with Crippen molar-refractivity contribution in [2.24, 2.45) is 0 Å². The first kappa shape index (κ1) is 12.4. The van der Waals surface area contributed by atoms with Gasteiger partial charge in [0.2, 0.25) is 5.91 Å². The molecule has 1 aliphatic heterocycles. The van der Waals surface area contributed by atoms with Gasteiger partial charge in [-0.3, -0.25) is 9.69 Å². The van der Waals surface area contributed by atoms with Crippen LogP contribution >= 0.6 is 0 Å². The average Bonchev–Trinajstić information content (AvgIpc) is 2.88. The number of amides is 2. The Morgan fingerprint density at radius 1 is 1.61 bits per heavy atom. The molecule has 0 bridgehead atoms. The standard InChI is InChI=1S/C11H16N4O3/c1-3-15-10(8(2)6-12-15)13-9(16)7-14-4-5-18-11(14)17/h6H,3-5,7H2,1-2H3,(H,13,16). The van der Waals surface area contributed by atoms with Crippen LogP contribution in [0.5, 0.6) is 0 Å². The maximum absolute atomic E-state index is 11.8. The monoisotopic (exact) mass is 252 g/mol. The van der Waals surface area contributed by atoms with Gasteiger partial charge in [-0.05, 0) is 13.8 Å². The summed E-state index contributed by atoms with van der Waals surface area (Å²) in [5.74, 6) is 0.433. The number of nitrogens with one attached hydrogen (secondary N) is 1. The number of hydrogen-bond acceptors (Lipinski definition) is 4. The molecule has 2 amide bonds. The van der Waals surface area contributed by atoms with Gasteiger partial charge < -0.3 is 10.1 Å². The minimum Gasteiger partial charge on any atom is -0.448 e. The Morgan fingerprint density at radius 2 is 2.39 bits per heavy atom. The van der Waals surface area contributed by atoms with E-state index in [4.69, 9.17) is 4.74 Å². The smallest absolute Gasteiger partial charge is 0.410 e. The van der Waals surface area contributed by atoms with Crippen molar-refractivity contribution in [2.75, 3.05) is 25.0 Å². The van der Waals surface area contributed by atoms with E-state index < -0.39 is 6.09 Å². The second-order valence-electron chi connectivity index (χ2n) is 4.08. The molecule has 7 nitrogen and oxygen atoms in total.